The van der Waals surface area contributed by atoms with Crippen molar-refractivity contribution in [3.05, 3.63) is 34.9 Å². The predicted octanol–water partition coefficient (Wildman–Crippen LogP) is 3.26. The van der Waals surface area contributed by atoms with Gasteiger partial charge in [0.05, 0.1) is 0 Å². The molecule has 0 radical (unpaired) electrons. The van der Waals surface area contributed by atoms with E-state index in [1.807, 2.05) is 6.92 Å². The summed E-state index contributed by atoms with van der Waals surface area (Å²) in [7, 11) is 0. The number of rotatable bonds is 3. The number of hydrogen-bond donors (Lipinski definition) is 1. The summed E-state index contributed by atoms with van der Waals surface area (Å²) in [5, 5.41) is 3.46. The highest BCUT2D eigenvalue weighted by Crippen LogP contribution is 2.40. The molecule has 0 aromatic heterocycles. The highest BCUT2D eigenvalue weighted by Gasteiger charge is 2.45. The zero-order chi connectivity index (χ0) is 15.1. The van der Waals surface area contributed by atoms with Gasteiger partial charge < -0.3 is 5.32 Å². The third kappa shape index (κ3) is 2.49. The molecule has 0 spiro atoms. The van der Waals surface area contributed by atoms with Crippen LogP contribution in [-0.2, 0) is 0 Å². The Balaban J connectivity index is 1.88. The summed E-state index contributed by atoms with van der Waals surface area (Å²) in [4.78, 5) is 2.38. The molecule has 2 nitrogen and oxygen atoms in total. The van der Waals surface area contributed by atoms with Gasteiger partial charge in [-0.15, -0.1) is 0 Å². The molecule has 2 fully saturated rings. The van der Waals surface area contributed by atoms with Crippen LogP contribution in [0.15, 0.2) is 12.1 Å². The normalized spacial score (nSPS) is 30.6. The lowest BCUT2D eigenvalue weighted by atomic mass is 9.92. The Morgan fingerprint density at radius 2 is 2.05 bits per heavy atom. The smallest absolute Gasteiger partial charge is 0.128 e. The first kappa shape index (κ1) is 14.9. The van der Waals surface area contributed by atoms with Crippen LogP contribution in [0.4, 0.5) is 8.78 Å². The molecule has 4 heteroatoms. The van der Waals surface area contributed by atoms with E-state index >= 15 is 0 Å². The van der Waals surface area contributed by atoms with Gasteiger partial charge in [0.1, 0.15) is 11.6 Å². The lowest BCUT2D eigenvalue weighted by Gasteiger charge is -2.33. The molecule has 0 bridgehead atoms. The van der Waals surface area contributed by atoms with Crippen LogP contribution in [0, 0.1) is 30.4 Å². The van der Waals surface area contributed by atoms with Crippen molar-refractivity contribution in [1.29, 1.82) is 0 Å². The molecule has 1 aromatic carbocycles. The van der Waals surface area contributed by atoms with Crippen molar-refractivity contribution in [2.24, 2.45) is 11.8 Å². The Kier molecular flexibility index (Phi) is 4.02. The number of aryl methyl sites for hydroxylation is 1. The Morgan fingerprint density at radius 3 is 2.76 bits per heavy atom. The van der Waals surface area contributed by atoms with Crippen LogP contribution < -0.4 is 5.32 Å². The number of likely N-dealkylation sites (tertiary alicyclic amines) is 1. The largest absolute Gasteiger partial charge is 0.316 e. The molecule has 116 valence electrons. The van der Waals surface area contributed by atoms with Crippen molar-refractivity contribution in [2.45, 2.75) is 39.3 Å². The highest BCUT2D eigenvalue weighted by molar-refractivity contribution is 5.28. The van der Waals surface area contributed by atoms with E-state index in [4.69, 9.17) is 0 Å². The quantitative estimate of drug-likeness (QED) is 0.920. The minimum absolute atomic E-state index is 0.0735. The summed E-state index contributed by atoms with van der Waals surface area (Å²) < 4.78 is 28.1. The molecule has 1 aromatic rings. The van der Waals surface area contributed by atoms with Gasteiger partial charge in [-0.1, -0.05) is 6.92 Å². The van der Waals surface area contributed by atoms with Crippen molar-refractivity contribution in [3.63, 3.8) is 0 Å². The molecule has 3 rings (SSSR count). The zero-order valence-corrected chi connectivity index (χ0v) is 13.0. The molecular weight excluding hydrogens is 270 g/mol. The molecule has 0 saturated carbocycles. The lowest BCUT2D eigenvalue weighted by molar-refractivity contribution is 0.162. The minimum atomic E-state index is -0.313. The number of halogens is 2. The molecule has 2 aliphatic heterocycles. The molecule has 4 unspecified atom stereocenters. The molecular formula is C17H24F2N2. The summed E-state index contributed by atoms with van der Waals surface area (Å²) in [5.41, 5.74) is 0.863. The first-order chi connectivity index (χ1) is 10.0. The second kappa shape index (κ2) is 5.65. The first-order valence-corrected chi connectivity index (χ1v) is 7.95. The predicted molar refractivity (Wildman–Crippen MR) is 80.1 cm³/mol. The standard InChI is InChI=1S/C17H24F2N2/c1-4-17-14-8-20-7-12(14)9-21(17)11(3)13-6-15(18)10(2)5-16(13)19/h5-6,11-12,14,17,20H,4,7-9H2,1-3H3. The number of fused-ring (bicyclic) bond motifs is 1. The maximum atomic E-state index is 14.2. The van der Waals surface area contributed by atoms with Crippen molar-refractivity contribution < 1.29 is 8.78 Å². The van der Waals surface area contributed by atoms with Gasteiger partial charge in [-0.05, 0) is 62.9 Å². The molecule has 2 saturated heterocycles. The van der Waals surface area contributed by atoms with Crippen LogP contribution in [0.1, 0.15) is 37.4 Å². The van der Waals surface area contributed by atoms with E-state index in [2.05, 4.69) is 17.1 Å². The third-order valence-corrected chi connectivity index (χ3v) is 5.40. The van der Waals surface area contributed by atoms with Gasteiger partial charge in [0.2, 0.25) is 0 Å². The van der Waals surface area contributed by atoms with Crippen molar-refractivity contribution in [2.75, 3.05) is 19.6 Å². The maximum Gasteiger partial charge on any atom is 0.128 e. The van der Waals surface area contributed by atoms with E-state index in [0.29, 0.717) is 29.0 Å². The van der Waals surface area contributed by atoms with E-state index in [1.54, 1.807) is 6.92 Å². The monoisotopic (exact) mass is 294 g/mol. The second-order valence-electron chi connectivity index (χ2n) is 6.55. The van der Waals surface area contributed by atoms with Gasteiger partial charge in [0.25, 0.3) is 0 Å². The molecule has 2 heterocycles. The minimum Gasteiger partial charge on any atom is -0.316 e. The fraction of sp³-hybridized carbons (Fsp3) is 0.647. The average molecular weight is 294 g/mol. The van der Waals surface area contributed by atoms with Gasteiger partial charge >= 0.3 is 0 Å². The van der Waals surface area contributed by atoms with Crippen LogP contribution in [0.25, 0.3) is 0 Å². The number of nitrogens with zero attached hydrogens (tertiary/aromatic N) is 1. The zero-order valence-electron chi connectivity index (χ0n) is 13.0. The van der Waals surface area contributed by atoms with Gasteiger partial charge in [0.15, 0.2) is 0 Å². The lowest BCUT2D eigenvalue weighted by Crippen LogP contribution is -2.37. The fourth-order valence-corrected chi connectivity index (χ4v) is 4.20. The second-order valence-corrected chi connectivity index (χ2v) is 6.55. The molecule has 1 N–H and O–H groups in total. The number of nitrogens with one attached hydrogen (secondary N) is 1. The van der Waals surface area contributed by atoms with Crippen molar-refractivity contribution >= 4 is 0 Å². The topological polar surface area (TPSA) is 15.3 Å². The van der Waals surface area contributed by atoms with Crippen LogP contribution >= 0.6 is 0 Å². The third-order valence-electron chi connectivity index (χ3n) is 5.40. The first-order valence-electron chi connectivity index (χ1n) is 7.95. The Bertz CT molecular complexity index is 532. The van der Waals surface area contributed by atoms with Gasteiger partial charge in [-0.2, -0.15) is 0 Å². The summed E-state index contributed by atoms with van der Waals surface area (Å²) in [5.74, 6) is 0.699. The molecule has 0 amide bonds. The number of hydrogen-bond acceptors (Lipinski definition) is 2. The van der Waals surface area contributed by atoms with E-state index < -0.39 is 0 Å². The van der Waals surface area contributed by atoms with Crippen LogP contribution in [-0.4, -0.2) is 30.6 Å². The Labute approximate surface area is 125 Å². The molecule has 0 aliphatic carbocycles. The van der Waals surface area contributed by atoms with Crippen molar-refractivity contribution in [1.82, 2.24) is 10.2 Å². The Morgan fingerprint density at radius 1 is 1.29 bits per heavy atom. The van der Waals surface area contributed by atoms with Crippen LogP contribution in [0.5, 0.6) is 0 Å². The van der Waals surface area contributed by atoms with Crippen LogP contribution in [0.3, 0.4) is 0 Å². The van der Waals surface area contributed by atoms with Crippen LogP contribution in [0.2, 0.25) is 0 Å². The summed E-state index contributed by atoms with van der Waals surface area (Å²) in [6.07, 6.45) is 1.06. The molecule has 4 atom stereocenters. The van der Waals surface area contributed by atoms with E-state index in [-0.39, 0.29) is 17.7 Å². The summed E-state index contributed by atoms with van der Waals surface area (Å²) in [6.45, 7) is 8.88. The SMILES string of the molecule is CCC1C2CNCC2CN1C(C)c1cc(F)c(C)cc1F. The van der Waals surface area contributed by atoms with E-state index in [0.717, 1.165) is 26.1 Å². The average Bonchev–Trinajstić information content (AvgIpc) is 3.02. The van der Waals surface area contributed by atoms with Gasteiger partial charge in [-0.25, -0.2) is 8.78 Å². The highest BCUT2D eigenvalue weighted by atomic mass is 19.1. The Hall–Kier alpha value is -1.00. The molecule has 2 aliphatic rings. The fourth-order valence-electron chi connectivity index (χ4n) is 4.20. The van der Waals surface area contributed by atoms with Gasteiger partial charge in [-0.3, -0.25) is 4.90 Å². The summed E-state index contributed by atoms with van der Waals surface area (Å²) >= 11 is 0. The molecule has 21 heavy (non-hydrogen) atoms. The van der Waals surface area contributed by atoms with Crippen molar-refractivity contribution in [3.8, 4) is 0 Å². The summed E-state index contributed by atoms with van der Waals surface area (Å²) in [6, 6.07) is 3.09. The number of benzene rings is 1. The maximum absolute atomic E-state index is 14.2. The van der Waals surface area contributed by atoms with E-state index in [1.165, 1.54) is 12.1 Å². The van der Waals surface area contributed by atoms with Gasteiger partial charge in [0, 0.05) is 24.2 Å². The van der Waals surface area contributed by atoms with E-state index in [9.17, 15) is 8.78 Å².